The molecule has 1 aromatic carbocycles. The van der Waals surface area contributed by atoms with Crippen LogP contribution >= 0.6 is 0 Å². The third-order valence-electron chi connectivity index (χ3n) is 5.57. The van der Waals surface area contributed by atoms with Gasteiger partial charge < -0.3 is 20.2 Å². The van der Waals surface area contributed by atoms with E-state index >= 15 is 0 Å². The van der Waals surface area contributed by atoms with Crippen molar-refractivity contribution in [2.24, 2.45) is 0 Å². The topological polar surface area (TPSA) is 148 Å². The molecule has 0 bridgehead atoms. The van der Waals surface area contributed by atoms with Crippen molar-refractivity contribution in [2.75, 3.05) is 84.9 Å². The Hall–Kier alpha value is -2.14. The number of hydrogen-bond acceptors (Lipinski definition) is 10. The normalized spacial score (nSPS) is 15.9. The molecule has 12 nitrogen and oxygen atoms in total. The van der Waals surface area contributed by atoms with E-state index in [0.29, 0.717) is 19.6 Å². The maximum absolute atomic E-state index is 12.8. The molecule has 1 fully saturated rings. The number of rotatable bonds is 5. The van der Waals surface area contributed by atoms with Crippen LogP contribution in [0.4, 0.5) is 5.69 Å². The first kappa shape index (κ1) is 37.0. The van der Waals surface area contributed by atoms with Gasteiger partial charge >= 0.3 is 18.3 Å². The number of carbonyl (C=O) groups is 2. The number of aryl methyl sites for hydroxylation is 2. The molecular formula is C24H38N5O7Y-. The van der Waals surface area contributed by atoms with Crippen molar-refractivity contribution in [1.29, 1.82) is 0 Å². The smallest absolute Gasteiger partial charge is 0.373 e. The number of benzene rings is 1. The minimum absolute atomic E-state index is 0. The van der Waals surface area contributed by atoms with Crippen molar-refractivity contribution in [3.05, 3.63) is 29.3 Å². The van der Waals surface area contributed by atoms with Gasteiger partial charge in [-0.2, -0.15) is 37.4 Å². The summed E-state index contributed by atoms with van der Waals surface area (Å²) in [5.41, 5.74) is 2.84. The van der Waals surface area contributed by atoms with Crippen molar-refractivity contribution < 1.29 is 68.0 Å². The summed E-state index contributed by atoms with van der Waals surface area (Å²) in [6.07, 6.45) is 0.500. The fourth-order valence-electron chi connectivity index (χ4n) is 3.53. The Balaban J connectivity index is -0.00000140. The molecule has 2 N–H and O–H groups in total. The summed E-state index contributed by atoms with van der Waals surface area (Å²) < 4.78 is 0. The van der Waals surface area contributed by atoms with Crippen LogP contribution in [0.25, 0.3) is 0 Å². The average molecular weight is 598 g/mol. The predicted octanol–water partition coefficient (Wildman–Crippen LogP) is -0.316. The van der Waals surface area contributed by atoms with Crippen molar-refractivity contribution in [3.8, 4) is 0 Å². The van der Waals surface area contributed by atoms with Crippen LogP contribution in [-0.4, -0.2) is 128 Å². The van der Waals surface area contributed by atoms with Gasteiger partial charge in [-0.05, 0) is 14.1 Å². The van der Waals surface area contributed by atoms with Crippen LogP contribution < -0.4 is 5.32 Å². The molecule has 1 heterocycles. The summed E-state index contributed by atoms with van der Waals surface area (Å²) in [4.78, 5) is 65.1. The molecule has 1 aliphatic rings. The van der Waals surface area contributed by atoms with E-state index in [0.717, 1.165) is 49.5 Å². The molecule has 0 atom stereocenters. The number of carbonyl (C=O) groups excluding carboxylic acids is 5. The fraction of sp³-hybridized carbons (Fsp3) is 0.583. The first-order chi connectivity index (χ1) is 17.1. The first-order valence-electron chi connectivity index (χ1n) is 11.4. The molecule has 0 saturated carbocycles. The number of anilines is 1. The van der Waals surface area contributed by atoms with Crippen LogP contribution in [0.2, 0.25) is 0 Å². The maximum atomic E-state index is 12.8. The van der Waals surface area contributed by atoms with E-state index in [9.17, 15) is 14.7 Å². The Labute approximate surface area is 244 Å². The number of amides is 1. The third kappa shape index (κ3) is 17.9. The Bertz CT molecular complexity index is 865. The molecule has 1 aromatic rings. The summed E-state index contributed by atoms with van der Waals surface area (Å²) in [7, 11) is 4.17. The molecule has 0 aliphatic carbocycles. The van der Waals surface area contributed by atoms with Gasteiger partial charge in [0.05, 0.1) is 13.1 Å². The van der Waals surface area contributed by atoms with Crippen LogP contribution in [-0.2, 0) is 61.5 Å². The minimum Gasteiger partial charge on any atom is -0.480 e. The molecule has 2 rings (SSSR count). The van der Waals surface area contributed by atoms with Gasteiger partial charge in [-0.15, -0.1) is 11.1 Å². The fourth-order valence-corrected chi connectivity index (χ4v) is 3.53. The van der Waals surface area contributed by atoms with Gasteiger partial charge in [0.1, 0.15) is 0 Å². The van der Waals surface area contributed by atoms with Gasteiger partial charge in [-0.3, -0.25) is 19.4 Å². The first-order valence-corrected chi connectivity index (χ1v) is 11.4. The van der Waals surface area contributed by atoms with Crippen LogP contribution in [0.3, 0.4) is 0 Å². The molecule has 0 aromatic heterocycles. The summed E-state index contributed by atoms with van der Waals surface area (Å²) in [5.74, 6) is -0.868. The second-order valence-corrected chi connectivity index (χ2v) is 8.46. The number of likely N-dealkylation sites (N-methyl/N-ethyl adjacent to an activating group) is 2. The van der Waals surface area contributed by atoms with Crippen molar-refractivity contribution in [3.63, 3.8) is 0 Å². The van der Waals surface area contributed by atoms with Crippen molar-refractivity contribution in [1.82, 2.24) is 19.6 Å². The molecule has 0 spiro atoms. The van der Waals surface area contributed by atoms with E-state index in [-0.39, 0.29) is 65.4 Å². The van der Waals surface area contributed by atoms with Crippen LogP contribution in [0.15, 0.2) is 12.1 Å². The van der Waals surface area contributed by atoms with E-state index in [2.05, 4.69) is 40.2 Å². The Morgan fingerprint density at radius 3 is 1.59 bits per heavy atom. The van der Waals surface area contributed by atoms with E-state index in [1.165, 1.54) is 0 Å². The van der Waals surface area contributed by atoms with E-state index < -0.39 is 5.97 Å². The molecule has 1 saturated heterocycles. The molecule has 13 heteroatoms. The van der Waals surface area contributed by atoms with Gasteiger partial charge in [-0.1, -0.05) is 19.5 Å². The summed E-state index contributed by atoms with van der Waals surface area (Å²) in [5, 5.41) is 12.3. The van der Waals surface area contributed by atoms with Crippen molar-refractivity contribution in [2.45, 2.75) is 13.8 Å². The number of aliphatic carboxylic acids is 1. The number of nitrogens with zero attached hydrogens (tertiary/aromatic N) is 4. The minimum atomic E-state index is -0.819. The summed E-state index contributed by atoms with van der Waals surface area (Å²) in [6, 6.07) is 6.81. The Kier molecular flexibility index (Phi) is 21.9. The summed E-state index contributed by atoms with van der Waals surface area (Å²) in [6.45, 7) is 10.5. The number of carboxylic acid groups (broad SMARTS) is 1. The monoisotopic (exact) mass is 597 g/mol. The molecule has 205 valence electrons. The largest absolute Gasteiger partial charge is 0.480 e. The molecule has 1 radical (unpaired) electrons. The molecule has 37 heavy (non-hydrogen) atoms. The van der Waals surface area contributed by atoms with Gasteiger partial charge in [0.15, 0.2) is 0 Å². The zero-order chi connectivity index (χ0) is 27.5. The number of hydrogen-bond donors (Lipinski definition) is 2. The van der Waals surface area contributed by atoms with E-state index in [1.807, 2.05) is 30.9 Å². The molecular weight excluding hydrogens is 559 g/mol. The zero-order valence-corrected chi connectivity index (χ0v) is 24.8. The number of nitrogens with one attached hydrogen (secondary N) is 1. The van der Waals surface area contributed by atoms with Crippen LogP contribution in [0.1, 0.15) is 12.6 Å². The van der Waals surface area contributed by atoms with Gasteiger partial charge in [0, 0.05) is 86.5 Å². The zero-order valence-electron chi connectivity index (χ0n) is 22.0. The molecule has 1 aliphatic heterocycles. The standard InChI is InChI=1S/C22H36N5O3.2CO2.Y.H2/c1-18-6-5-7-19(2)22(18)23-20(28)16-26-12-10-24(3)8-9-25(4)11-13-27(15-14-26)17-21(29)30;2*2-1-3;;/h6-7H,8-17H2,1-4H3,(H,23,28)(H,29,30);;;;1H/q-1;;;;. The predicted molar refractivity (Wildman–Crippen MR) is 131 cm³/mol. The Morgan fingerprint density at radius 2 is 1.19 bits per heavy atom. The van der Waals surface area contributed by atoms with Crippen LogP contribution in [0.5, 0.6) is 0 Å². The second kappa shape index (κ2) is 21.9. The average Bonchev–Trinajstić information content (AvgIpc) is 2.80. The second-order valence-electron chi connectivity index (χ2n) is 8.46. The third-order valence-corrected chi connectivity index (χ3v) is 5.57. The van der Waals surface area contributed by atoms with E-state index in [1.54, 1.807) is 0 Å². The van der Waals surface area contributed by atoms with Gasteiger partial charge in [-0.25, -0.2) is 0 Å². The van der Waals surface area contributed by atoms with Crippen molar-refractivity contribution >= 4 is 29.9 Å². The Morgan fingerprint density at radius 1 is 0.838 bits per heavy atom. The molecule has 1 amide bonds. The SMILES string of the molecule is Cc1c[c-]cc(C)c1NC(=O)CN1CCN(C)CCN(C)CCN(CC(=O)O)CC1.O=C=O.O=C=O.[HH].[Y]. The van der Waals surface area contributed by atoms with E-state index in [4.69, 9.17) is 19.2 Å². The van der Waals surface area contributed by atoms with Gasteiger partial charge in [0.25, 0.3) is 0 Å². The molecule has 0 unspecified atom stereocenters. The van der Waals surface area contributed by atoms with Crippen LogP contribution in [0, 0.1) is 19.9 Å². The maximum Gasteiger partial charge on any atom is 0.373 e. The quantitative estimate of drug-likeness (QED) is 0.431. The number of carboxylic acids is 1. The van der Waals surface area contributed by atoms with Gasteiger partial charge in [0.2, 0.25) is 5.91 Å². The summed E-state index contributed by atoms with van der Waals surface area (Å²) >= 11 is 0.